The van der Waals surface area contributed by atoms with Gasteiger partial charge in [-0.05, 0) is 51.4 Å². The van der Waals surface area contributed by atoms with Gasteiger partial charge in [-0.15, -0.1) is 0 Å². The Morgan fingerprint density at radius 1 is 1.39 bits per heavy atom. The van der Waals surface area contributed by atoms with Gasteiger partial charge >= 0.3 is 0 Å². The summed E-state index contributed by atoms with van der Waals surface area (Å²) < 4.78 is 5.54. The zero-order valence-electron chi connectivity index (χ0n) is 12.1. The molecule has 1 unspecified atom stereocenters. The average Bonchev–Trinajstić information content (AvgIpc) is 2.29. The van der Waals surface area contributed by atoms with E-state index in [1.165, 1.54) is 11.1 Å². The second-order valence-electron chi connectivity index (χ2n) is 5.02. The van der Waals surface area contributed by atoms with Gasteiger partial charge in [0.2, 0.25) is 0 Å². The molecule has 1 rings (SSSR count). The fourth-order valence-corrected chi connectivity index (χ4v) is 2.09. The van der Waals surface area contributed by atoms with Crippen molar-refractivity contribution in [2.45, 2.75) is 33.2 Å². The van der Waals surface area contributed by atoms with Gasteiger partial charge in [-0.1, -0.05) is 12.1 Å². The van der Waals surface area contributed by atoms with E-state index < -0.39 is 0 Å². The summed E-state index contributed by atoms with van der Waals surface area (Å²) in [5.74, 6) is 0.991. The van der Waals surface area contributed by atoms with Gasteiger partial charge in [-0.2, -0.15) is 0 Å². The van der Waals surface area contributed by atoms with Crippen LogP contribution in [0.2, 0.25) is 0 Å². The lowest BCUT2D eigenvalue weighted by Gasteiger charge is -2.19. The Bertz CT molecular complexity index is 364. The molecule has 2 N–H and O–H groups in total. The molecule has 0 aliphatic carbocycles. The molecule has 0 bridgehead atoms. The number of hydrogen-bond donors (Lipinski definition) is 1. The minimum Gasteiger partial charge on any atom is -0.494 e. The van der Waals surface area contributed by atoms with Crippen LogP contribution in [0.1, 0.15) is 25.0 Å². The first-order valence-corrected chi connectivity index (χ1v) is 6.69. The minimum absolute atomic E-state index is 0.233. The zero-order valence-corrected chi connectivity index (χ0v) is 12.1. The van der Waals surface area contributed by atoms with Crippen LogP contribution in [0.5, 0.6) is 5.75 Å². The fraction of sp³-hybridized carbons (Fsp3) is 0.600. The van der Waals surface area contributed by atoms with Gasteiger partial charge in [0.15, 0.2) is 0 Å². The minimum atomic E-state index is 0.233. The number of nitrogens with zero attached hydrogens (tertiary/aromatic N) is 1. The molecule has 1 aromatic rings. The largest absolute Gasteiger partial charge is 0.494 e. The van der Waals surface area contributed by atoms with Gasteiger partial charge in [0.1, 0.15) is 5.75 Å². The highest BCUT2D eigenvalue weighted by Crippen LogP contribution is 2.19. The van der Waals surface area contributed by atoms with Crippen LogP contribution in [0.25, 0.3) is 0 Å². The topological polar surface area (TPSA) is 38.5 Å². The number of hydrogen-bond acceptors (Lipinski definition) is 3. The van der Waals surface area contributed by atoms with Crippen molar-refractivity contribution < 1.29 is 4.74 Å². The van der Waals surface area contributed by atoms with Crippen molar-refractivity contribution in [3.8, 4) is 5.75 Å². The lowest BCUT2D eigenvalue weighted by atomic mass is 10.1. The molecule has 0 aliphatic heterocycles. The maximum absolute atomic E-state index is 5.78. The van der Waals surface area contributed by atoms with Crippen LogP contribution in [0, 0.1) is 6.92 Å². The van der Waals surface area contributed by atoms with Crippen molar-refractivity contribution in [3.63, 3.8) is 0 Å². The highest BCUT2D eigenvalue weighted by atomic mass is 16.5. The molecule has 102 valence electrons. The Morgan fingerprint density at radius 3 is 2.67 bits per heavy atom. The van der Waals surface area contributed by atoms with E-state index in [0.717, 1.165) is 31.9 Å². The predicted molar refractivity (Wildman–Crippen MR) is 77.2 cm³/mol. The summed E-state index contributed by atoms with van der Waals surface area (Å²) in [6, 6.07) is 6.67. The number of aryl methyl sites for hydroxylation is 1. The van der Waals surface area contributed by atoms with Gasteiger partial charge in [0, 0.05) is 19.1 Å². The van der Waals surface area contributed by atoms with Crippen molar-refractivity contribution in [1.82, 2.24) is 4.90 Å². The van der Waals surface area contributed by atoms with Crippen LogP contribution in [-0.2, 0) is 6.42 Å². The van der Waals surface area contributed by atoms with Crippen molar-refractivity contribution in [2.75, 3.05) is 26.7 Å². The normalized spacial score (nSPS) is 12.8. The number of rotatable bonds is 7. The van der Waals surface area contributed by atoms with Gasteiger partial charge in [0.05, 0.1) is 6.61 Å². The summed E-state index contributed by atoms with van der Waals surface area (Å²) in [7, 11) is 2.12. The van der Waals surface area contributed by atoms with Gasteiger partial charge in [-0.3, -0.25) is 0 Å². The van der Waals surface area contributed by atoms with Crippen molar-refractivity contribution >= 4 is 0 Å². The molecule has 0 saturated carbocycles. The summed E-state index contributed by atoms with van der Waals surface area (Å²) in [5.41, 5.74) is 8.35. The third-order valence-electron chi connectivity index (χ3n) is 2.92. The van der Waals surface area contributed by atoms with Gasteiger partial charge < -0.3 is 15.4 Å². The summed E-state index contributed by atoms with van der Waals surface area (Å²) in [5, 5.41) is 0. The van der Waals surface area contributed by atoms with Crippen LogP contribution < -0.4 is 10.5 Å². The molecule has 0 fully saturated rings. The Kier molecular flexibility index (Phi) is 6.16. The third kappa shape index (κ3) is 5.07. The monoisotopic (exact) mass is 250 g/mol. The highest BCUT2D eigenvalue weighted by Gasteiger charge is 2.04. The molecular formula is C15H26N2O. The lowest BCUT2D eigenvalue weighted by molar-refractivity contribution is 0.320. The summed E-state index contributed by atoms with van der Waals surface area (Å²) in [6.07, 6.45) is 1.05. The zero-order chi connectivity index (χ0) is 13.5. The van der Waals surface area contributed by atoms with E-state index in [0.29, 0.717) is 0 Å². The van der Waals surface area contributed by atoms with Crippen LogP contribution in [-0.4, -0.2) is 37.7 Å². The second kappa shape index (κ2) is 7.39. The molecule has 0 spiro atoms. The summed E-state index contributed by atoms with van der Waals surface area (Å²) >= 11 is 0. The SMILES string of the molecule is CCOc1ccc(CCN(C)CC(C)N)cc1C. The van der Waals surface area contributed by atoms with E-state index >= 15 is 0 Å². The maximum atomic E-state index is 5.78. The molecule has 3 heteroatoms. The second-order valence-corrected chi connectivity index (χ2v) is 5.02. The Morgan fingerprint density at radius 2 is 2.11 bits per heavy atom. The molecule has 0 heterocycles. The highest BCUT2D eigenvalue weighted by molar-refractivity contribution is 5.36. The first-order valence-electron chi connectivity index (χ1n) is 6.69. The van der Waals surface area contributed by atoms with Crippen molar-refractivity contribution in [3.05, 3.63) is 29.3 Å². The predicted octanol–water partition coefficient (Wildman–Crippen LogP) is 2.22. The Labute approximate surface area is 111 Å². The van der Waals surface area contributed by atoms with Gasteiger partial charge in [-0.25, -0.2) is 0 Å². The standard InChI is InChI=1S/C15H26N2O/c1-5-18-15-7-6-14(10-12(15)2)8-9-17(4)11-13(3)16/h6-7,10,13H,5,8-9,11,16H2,1-4H3. The average molecular weight is 250 g/mol. The van der Waals surface area contributed by atoms with E-state index in [9.17, 15) is 0 Å². The molecule has 0 radical (unpaired) electrons. The first kappa shape index (κ1) is 15.0. The third-order valence-corrected chi connectivity index (χ3v) is 2.92. The van der Waals surface area contributed by atoms with Gasteiger partial charge in [0.25, 0.3) is 0 Å². The lowest BCUT2D eigenvalue weighted by Crippen LogP contribution is -2.34. The first-order chi connectivity index (χ1) is 8.52. The van der Waals surface area contributed by atoms with Crippen molar-refractivity contribution in [2.24, 2.45) is 5.73 Å². The number of benzene rings is 1. The molecule has 1 atom stereocenters. The summed E-state index contributed by atoms with van der Waals surface area (Å²) in [4.78, 5) is 2.27. The quantitative estimate of drug-likeness (QED) is 0.806. The maximum Gasteiger partial charge on any atom is 0.122 e. The Balaban J connectivity index is 2.50. The van der Waals surface area contributed by atoms with Crippen LogP contribution in [0.15, 0.2) is 18.2 Å². The number of ether oxygens (including phenoxy) is 1. The molecule has 0 saturated heterocycles. The molecule has 0 aromatic heterocycles. The molecule has 0 amide bonds. The molecule has 3 nitrogen and oxygen atoms in total. The number of likely N-dealkylation sites (N-methyl/N-ethyl adjacent to an activating group) is 1. The van der Waals surface area contributed by atoms with Crippen LogP contribution in [0.3, 0.4) is 0 Å². The van der Waals surface area contributed by atoms with Crippen LogP contribution in [0.4, 0.5) is 0 Å². The van der Waals surface area contributed by atoms with E-state index in [-0.39, 0.29) is 6.04 Å². The smallest absolute Gasteiger partial charge is 0.122 e. The summed E-state index contributed by atoms with van der Waals surface area (Å²) in [6.45, 7) is 8.84. The molecule has 0 aliphatic rings. The van der Waals surface area contributed by atoms with Crippen molar-refractivity contribution in [1.29, 1.82) is 0 Å². The molecule has 1 aromatic carbocycles. The van der Waals surface area contributed by atoms with E-state index in [4.69, 9.17) is 10.5 Å². The Hall–Kier alpha value is -1.06. The van der Waals surface area contributed by atoms with Crippen LogP contribution >= 0.6 is 0 Å². The number of nitrogens with two attached hydrogens (primary N) is 1. The fourth-order valence-electron chi connectivity index (χ4n) is 2.09. The molecule has 18 heavy (non-hydrogen) atoms. The van der Waals surface area contributed by atoms with E-state index in [1.54, 1.807) is 0 Å². The van der Waals surface area contributed by atoms with E-state index in [2.05, 4.69) is 37.1 Å². The van der Waals surface area contributed by atoms with E-state index in [1.807, 2.05) is 13.8 Å². The molecular weight excluding hydrogens is 224 g/mol.